The second-order valence-electron chi connectivity index (χ2n) is 5.40. The van der Waals surface area contributed by atoms with Gasteiger partial charge in [-0.25, -0.2) is 0 Å². The highest BCUT2D eigenvalue weighted by Gasteiger charge is 2.43. The summed E-state index contributed by atoms with van der Waals surface area (Å²) in [6.45, 7) is -0.167. The number of hydrogen-bond donors (Lipinski definition) is 4. The van der Waals surface area contributed by atoms with Gasteiger partial charge in [0.05, 0.1) is 28.3 Å². The van der Waals surface area contributed by atoms with E-state index in [0.29, 0.717) is 0 Å². The molecule has 0 saturated carbocycles. The fourth-order valence-corrected chi connectivity index (χ4v) is 2.41. The summed E-state index contributed by atoms with van der Waals surface area (Å²) >= 11 is 6.18. The fourth-order valence-electron chi connectivity index (χ4n) is 2.27. The minimum Gasteiger partial charge on any atom is -0.494 e. The Balaban J connectivity index is 2.44. The first-order valence-corrected chi connectivity index (χ1v) is 8.37. The molecule has 1 aliphatic heterocycles. The molecular formula is C21H25ClO6. The first-order valence-electron chi connectivity index (χ1n) is 14.5. The van der Waals surface area contributed by atoms with Gasteiger partial charge in [0.2, 0.25) is 0 Å². The van der Waals surface area contributed by atoms with Crippen molar-refractivity contribution in [2.75, 3.05) is 13.2 Å². The molecule has 152 valence electrons. The molecule has 0 aromatic heterocycles. The van der Waals surface area contributed by atoms with Crippen molar-refractivity contribution in [3.63, 3.8) is 0 Å². The third-order valence-electron chi connectivity index (χ3n) is 3.57. The molecule has 0 radical (unpaired) electrons. The summed E-state index contributed by atoms with van der Waals surface area (Å²) in [5, 5.41) is 40.5. The van der Waals surface area contributed by atoms with Gasteiger partial charge in [-0.2, -0.15) is 0 Å². The monoisotopic (exact) mass is 421 g/mol. The standard InChI is InChI=1S/C21H25ClO6/c1-2-27-15-6-3-12(4-7-15)9-14-10-13(5-8-16(14)22)21-20(26)19(25)18(24)17(11-23)28-21/h3-8,10,17-21,23-26H,2,9,11H2,1H3/t17-,18-,19+,20-,21+/m1/s1/i3D,4D,5D,6D,7D,8D,9D2,10D,17D,18D,19D,20D. The van der Waals surface area contributed by atoms with E-state index in [1.54, 1.807) is 0 Å². The molecule has 28 heavy (non-hydrogen) atoms. The number of rotatable bonds is 6. The number of halogens is 1. The van der Waals surface area contributed by atoms with Crippen LogP contribution in [0.1, 0.15) is 47.5 Å². The van der Waals surface area contributed by atoms with Crippen LogP contribution in [0.4, 0.5) is 0 Å². The van der Waals surface area contributed by atoms with Gasteiger partial charge in [-0.15, -0.1) is 0 Å². The topological polar surface area (TPSA) is 99.4 Å². The van der Waals surface area contributed by atoms with E-state index in [2.05, 4.69) is 0 Å². The van der Waals surface area contributed by atoms with Gasteiger partial charge in [-0.05, 0) is 48.1 Å². The summed E-state index contributed by atoms with van der Waals surface area (Å²) in [4.78, 5) is 0. The lowest BCUT2D eigenvalue weighted by molar-refractivity contribution is -0.231. The molecule has 5 atom stereocenters. The molecule has 0 unspecified atom stereocenters. The molecular weight excluding hydrogens is 384 g/mol. The van der Waals surface area contributed by atoms with Crippen LogP contribution in [0.2, 0.25) is 5.02 Å². The molecule has 2 aromatic rings. The fraction of sp³-hybridized carbons (Fsp3) is 0.429. The minimum atomic E-state index is -4.08. The lowest BCUT2D eigenvalue weighted by Gasteiger charge is -2.40. The number of aliphatic hydroxyl groups is 4. The third kappa shape index (κ3) is 4.49. The Hall–Kier alpha value is -1.67. The lowest BCUT2D eigenvalue weighted by atomic mass is 9.90. The molecule has 6 nitrogen and oxygen atoms in total. The summed E-state index contributed by atoms with van der Waals surface area (Å²) < 4.78 is 118. The molecule has 1 saturated heterocycles. The van der Waals surface area contributed by atoms with Crippen LogP contribution in [0.25, 0.3) is 0 Å². The molecule has 1 heterocycles. The van der Waals surface area contributed by atoms with Crippen LogP contribution < -0.4 is 4.74 Å². The van der Waals surface area contributed by atoms with Gasteiger partial charge in [0, 0.05) is 7.76 Å². The number of hydrogen-bond acceptors (Lipinski definition) is 6. The maximum atomic E-state index is 10.8. The van der Waals surface area contributed by atoms with E-state index in [0.717, 1.165) is 0 Å². The smallest absolute Gasteiger partial charge is 0.119 e. The van der Waals surface area contributed by atoms with Gasteiger partial charge in [-0.1, -0.05) is 35.8 Å². The maximum absolute atomic E-state index is 10.8. The highest BCUT2D eigenvalue weighted by Crippen LogP contribution is 2.34. The molecule has 7 heteroatoms. The molecule has 3 rings (SSSR count). The first kappa shape index (κ1) is 9.89. The van der Waals surface area contributed by atoms with E-state index in [-0.39, 0.29) is 6.61 Å². The van der Waals surface area contributed by atoms with E-state index in [9.17, 15) is 20.4 Å². The second-order valence-corrected chi connectivity index (χ2v) is 5.78. The van der Waals surface area contributed by atoms with Gasteiger partial charge in [-0.3, -0.25) is 0 Å². The van der Waals surface area contributed by atoms with Crippen LogP contribution in [0.3, 0.4) is 0 Å². The van der Waals surface area contributed by atoms with Crippen LogP contribution in [-0.4, -0.2) is 58.0 Å². The van der Waals surface area contributed by atoms with Crippen molar-refractivity contribution >= 4 is 11.6 Å². The summed E-state index contributed by atoms with van der Waals surface area (Å²) in [7, 11) is 0. The van der Waals surface area contributed by atoms with Crippen LogP contribution in [0.15, 0.2) is 42.3 Å². The van der Waals surface area contributed by atoms with Crippen LogP contribution in [0, 0.1) is 0 Å². The van der Waals surface area contributed by atoms with Gasteiger partial charge in [0.1, 0.15) is 36.2 Å². The molecule has 0 aliphatic carbocycles. The highest BCUT2D eigenvalue weighted by molar-refractivity contribution is 6.31. The number of aliphatic hydroxyl groups excluding tert-OH is 1. The van der Waals surface area contributed by atoms with Crippen molar-refractivity contribution in [3.8, 4) is 5.75 Å². The predicted octanol–water partition coefficient (Wildman–Crippen LogP) is 1.84. The first-order chi connectivity index (χ1) is 18.5. The number of ether oxygens (including phenoxy) is 2. The highest BCUT2D eigenvalue weighted by atomic mass is 35.5. The SMILES string of the molecule is [2H]c1c([2H])c([C@@H]2O[C@]([2H])(CO)[C@@]([2H])(O)[C@]([2H])(O)[C@@]2([2H])O)c([2H])c(C([2H])([2H])c2c([2H])c([2H])c(OCC)c([2H])c2[2H])c1Cl. The van der Waals surface area contributed by atoms with E-state index < -0.39 is 113 Å². The Morgan fingerprint density at radius 2 is 1.86 bits per heavy atom. The second kappa shape index (κ2) is 9.22. The Bertz CT molecular complexity index is 1370. The van der Waals surface area contributed by atoms with Crippen molar-refractivity contribution in [1.82, 2.24) is 0 Å². The average molecular weight is 422 g/mol. The van der Waals surface area contributed by atoms with Crippen molar-refractivity contribution in [1.29, 1.82) is 0 Å². The van der Waals surface area contributed by atoms with Crippen LogP contribution in [0.5, 0.6) is 5.75 Å². The Labute approximate surface area is 187 Å². The van der Waals surface area contributed by atoms with E-state index in [4.69, 9.17) is 38.9 Å². The zero-order valence-corrected chi connectivity index (χ0v) is 15.2. The Kier molecular flexibility index (Phi) is 3.26. The Morgan fingerprint density at radius 1 is 1.14 bits per heavy atom. The summed E-state index contributed by atoms with van der Waals surface area (Å²) in [6, 6.07) is -6.92. The summed E-state index contributed by atoms with van der Waals surface area (Å²) in [5.74, 6) is -0.495. The van der Waals surface area contributed by atoms with Crippen LogP contribution >= 0.6 is 11.6 Å². The van der Waals surface area contributed by atoms with Gasteiger partial charge < -0.3 is 29.9 Å². The predicted molar refractivity (Wildman–Crippen MR) is 105 cm³/mol. The van der Waals surface area contributed by atoms with Crippen molar-refractivity contribution in [2.24, 2.45) is 0 Å². The molecule has 0 bridgehead atoms. The Morgan fingerprint density at radius 3 is 2.50 bits per heavy atom. The zero-order valence-electron chi connectivity index (χ0n) is 27.5. The zero-order chi connectivity index (χ0) is 31.8. The van der Waals surface area contributed by atoms with E-state index in [1.807, 2.05) is 0 Å². The van der Waals surface area contributed by atoms with Crippen molar-refractivity contribution in [2.45, 2.75) is 43.7 Å². The third-order valence-corrected chi connectivity index (χ3v) is 3.86. The summed E-state index contributed by atoms with van der Waals surface area (Å²) in [5.41, 5.74) is -3.18. The molecule has 4 N–H and O–H groups in total. The normalized spacial score (nSPS) is 45.2. The van der Waals surface area contributed by atoms with Gasteiger partial charge >= 0.3 is 0 Å². The van der Waals surface area contributed by atoms with E-state index >= 15 is 0 Å². The lowest BCUT2D eigenvalue weighted by Crippen LogP contribution is -2.55. The van der Waals surface area contributed by atoms with Gasteiger partial charge in [0.25, 0.3) is 0 Å². The largest absolute Gasteiger partial charge is 0.494 e. The average Bonchev–Trinajstić information content (AvgIpc) is 2.86. The maximum Gasteiger partial charge on any atom is 0.119 e. The summed E-state index contributed by atoms with van der Waals surface area (Å²) in [6.07, 6.45) is -21.3. The minimum absolute atomic E-state index is 0.0549. The number of benzene rings is 2. The quantitative estimate of drug-likeness (QED) is 0.568. The molecule has 0 spiro atoms. The molecule has 1 aliphatic rings. The molecule has 0 amide bonds. The van der Waals surface area contributed by atoms with E-state index in [1.165, 1.54) is 6.92 Å². The molecule has 2 aromatic carbocycles. The van der Waals surface area contributed by atoms with Gasteiger partial charge in [0.15, 0.2) is 0 Å². The van der Waals surface area contributed by atoms with Crippen molar-refractivity contribution < 1.29 is 47.7 Å². The molecule has 1 fully saturated rings. The van der Waals surface area contributed by atoms with Crippen LogP contribution in [-0.2, 0) is 11.1 Å². The van der Waals surface area contributed by atoms with Crippen molar-refractivity contribution in [3.05, 3.63) is 64.0 Å².